The molecule has 0 aromatic rings. The summed E-state index contributed by atoms with van der Waals surface area (Å²) in [5, 5.41) is 2.84. The lowest BCUT2D eigenvalue weighted by molar-refractivity contribution is 0.200. The van der Waals surface area contributed by atoms with Crippen molar-refractivity contribution < 1.29 is 13.2 Å². The maximum atomic E-state index is 11.8. The van der Waals surface area contributed by atoms with Crippen LogP contribution in [0.1, 0.15) is 26.2 Å². The number of hydrogen-bond acceptors (Lipinski definition) is 4. The first-order chi connectivity index (χ1) is 8.06. The molecule has 1 aliphatic heterocycles. The van der Waals surface area contributed by atoms with Crippen LogP contribution in [0.4, 0.5) is 0 Å². The Morgan fingerprint density at radius 2 is 2.29 bits per heavy atom. The normalized spacial score (nSPS) is 23.5. The molecule has 17 heavy (non-hydrogen) atoms. The molecule has 0 amide bonds. The Hall–Kier alpha value is -0.170. The first-order valence-corrected chi connectivity index (χ1v) is 7.79. The van der Waals surface area contributed by atoms with Gasteiger partial charge < -0.3 is 10.1 Å². The second kappa shape index (κ2) is 7.31. The van der Waals surface area contributed by atoms with Crippen LogP contribution in [0.5, 0.6) is 0 Å². The van der Waals surface area contributed by atoms with E-state index >= 15 is 0 Å². The van der Waals surface area contributed by atoms with Gasteiger partial charge in [0.1, 0.15) is 0 Å². The number of hydrogen-bond donors (Lipinski definition) is 2. The van der Waals surface area contributed by atoms with Gasteiger partial charge in [-0.15, -0.1) is 0 Å². The Kier molecular flexibility index (Phi) is 6.40. The minimum atomic E-state index is -3.22. The van der Waals surface area contributed by atoms with Gasteiger partial charge in [-0.25, -0.2) is 13.1 Å². The minimum absolute atomic E-state index is 0.236. The molecule has 0 saturated carbocycles. The lowest BCUT2D eigenvalue weighted by Crippen LogP contribution is -2.37. The van der Waals surface area contributed by atoms with Crippen LogP contribution in [0.3, 0.4) is 0 Å². The van der Waals surface area contributed by atoms with Crippen molar-refractivity contribution in [1.29, 1.82) is 0 Å². The van der Waals surface area contributed by atoms with Crippen LogP contribution in [0, 0.1) is 5.92 Å². The second-order valence-corrected chi connectivity index (χ2v) is 6.89. The average Bonchev–Trinajstić information content (AvgIpc) is 2.30. The lowest BCUT2D eigenvalue weighted by Gasteiger charge is -2.23. The number of ether oxygens (including phenoxy) is 1. The molecular weight excluding hydrogens is 240 g/mol. The van der Waals surface area contributed by atoms with Crippen molar-refractivity contribution in [3.05, 3.63) is 0 Å². The van der Waals surface area contributed by atoms with Crippen molar-refractivity contribution in [3.8, 4) is 0 Å². The van der Waals surface area contributed by atoms with Crippen LogP contribution >= 0.6 is 0 Å². The van der Waals surface area contributed by atoms with E-state index in [9.17, 15) is 8.42 Å². The van der Waals surface area contributed by atoms with Gasteiger partial charge >= 0.3 is 0 Å². The lowest BCUT2D eigenvalue weighted by atomic mass is 9.96. The fraction of sp³-hybridized carbons (Fsp3) is 1.00. The summed E-state index contributed by atoms with van der Waals surface area (Å²) in [6.07, 6.45) is 3.30. The largest absolute Gasteiger partial charge is 0.383 e. The van der Waals surface area contributed by atoms with E-state index in [2.05, 4.69) is 10.0 Å². The topological polar surface area (TPSA) is 67.4 Å². The molecule has 102 valence electrons. The van der Waals surface area contributed by atoms with Crippen molar-refractivity contribution in [2.75, 3.05) is 33.4 Å². The van der Waals surface area contributed by atoms with E-state index in [1.54, 1.807) is 6.92 Å². The number of piperidine rings is 1. The number of sulfonamides is 1. The van der Waals surface area contributed by atoms with Gasteiger partial charge in [-0.2, -0.15) is 0 Å². The van der Waals surface area contributed by atoms with E-state index < -0.39 is 15.3 Å². The van der Waals surface area contributed by atoms with Crippen molar-refractivity contribution in [2.24, 2.45) is 5.92 Å². The Bertz CT molecular complexity index is 300. The molecule has 0 bridgehead atoms. The molecule has 6 heteroatoms. The number of methoxy groups -OCH3 is 1. The molecule has 1 aliphatic rings. The fourth-order valence-corrected chi connectivity index (χ4v) is 3.04. The van der Waals surface area contributed by atoms with Crippen molar-refractivity contribution in [1.82, 2.24) is 10.0 Å². The van der Waals surface area contributed by atoms with Gasteiger partial charge in [-0.1, -0.05) is 0 Å². The van der Waals surface area contributed by atoms with Crippen molar-refractivity contribution in [3.63, 3.8) is 0 Å². The third kappa shape index (κ3) is 5.33. The molecule has 1 fully saturated rings. The average molecular weight is 264 g/mol. The summed E-state index contributed by atoms with van der Waals surface area (Å²) >= 11 is 0. The van der Waals surface area contributed by atoms with Gasteiger partial charge in [-0.3, -0.25) is 0 Å². The van der Waals surface area contributed by atoms with Crippen LogP contribution in [0.2, 0.25) is 0 Å². The maximum Gasteiger partial charge on any atom is 0.216 e. The summed E-state index contributed by atoms with van der Waals surface area (Å²) in [5.41, 5.74) is 0. The molecular formula is C11H24N2O3S. The van der Waals surface area contributed by atoms with Crippen molar-refractivity contribution >= 4 is 10.0 Å². The molecule has 2 N–H and O–H groups in total. The van der Waals surface area contributed by atoms with Gasteiger partial charge in [-0.05, 0) is 45.2 Å². The molecule has 1 saturated heterocycles. The predicted molar refractivity (Wildman–Crippen MR) is 68.5 cm³/mol. The molecule has 0 spiro atoms. The Balaban J connectivity index is 2.24. The molecule has 0 aliphatic carbocycles. The molecule has 0 radical (unpaired) electrons. The summed E-state index contributed by atoms with van der Waals surface area (Å²) in [4.78, 5) is 0. The predicted octanol–water partition coefficient (Wildman–Crippen LogP) is 0.330. The third-order valence-electron chi connectivity index (χ3n) is 3.19. The third-order valence-corrected chi connectivity index (χ3v) is 4.99. The SMILES string of the molecule is COCC(C)S(=O)(=O)NCCC1CCCNC1. The molecule has 2 atom stereocenters. The summed E-state index contributed by atoms with van der Waals surface area (Å²) < 4.78 is 31.0. The monoisotopic (exact) mass is 264 g/mol. The summed E-state index contributed by atoms with van der Waals surface area (Å²) in [5.74, 6) is 0.601. The molecule has 1 rings (SSSR count). The van der Waals surface area contributed by atoms with Crippen LogP contribution < -0.4 is 10.0 Å². The minimum Gasteiger partial charge on any atom is -0.383 e. The quantitative estimate of drug-likeness (QED) is 0.695. The summed E-state index contributed by atoms with van der Waals surface area (Å²) in [7, 11) is -1.71. The van der Waals surface area contributed by atoms with Gasteiger partial charge in [0.05, 0.1) is 11.9 Å². The summed E-state index contributed by atoms with van der Waals surface area (Å²) in [6, 6.07) is 0. The maximum absolute atomic E-state index is 11.8. The van der Waals surface area contributed by atoms with Crippen LogP contribution in [0.15, 0.2) is 0 Å². The Morgan fingerprint density at radius 1 is 1.53 bits per heavy atom. The van der Waals surface area contributed by atoms with E-state index in [0.29, 0.717) is 12.5 Å². The first kappa shape index (κ1) is 14.9. The highest BCUT2D eigenvalue weighted by Crippen LogP contribution is 2.13. The second-order valence-electron chi connectivity index (χ2n) is 4.71. The van der Waals surface area contributed by atoms with E-state index in [4.69, 9.17) is 4.74 Å². The fourth-order valence-electron chi connectivity index (χ4n) is 2.04. The number of nitrogens with one attached hydrogen (secondary N) is 2. The van der Waals surface area contributed by atoms with E-state index in [1.165, 1.54) is 20.0 Å². The van der Waals surface area contributed by atoms with E-state index in [0.717, 1.165) is 19.5 Å². The zero-order valence-electron chi connectivity index (χ0n) is 10.7. The highest BCUT2D eigenvalue weighted by atomic mass is 32.2. The smallest absolute Gasteiger partial charge is 0.216 e. The van der Waals surface area contributed by atoms with Gasteiger partial charge in [0.15, 0.2) is 0 Å². The van der Waals surface area contributed by atoms with Gasteiger partial charge in [0.25, 0.3) is 0 Å². The highest BCUT2D eigenvalue weighted by Gasteiger charge is 2.20. The van der Waals surface area contributed by atoms with Gasteiger partial charge in [0, 0.05) is 13.7 Å². The Morgan fingerprint density at radius 3 is 2.88 bits per heavy atom. The summed E-state index contributed by atoms with van der Waals surface area (Å²) in [6.45, 7) is 4.53. The molecule has 1 heterocycles. The van der Waals surface area contributed by atoms with Gasteiger partial charge in [0.2, 0.25) is 10.0 Å². The molecule has 5 nitrogen and oxygen atoms in total. The van der Waals surface area contributed by atoms with Crippen molar-refractivity contribution in [2.45, 2.75) is 31.4 Å². The van der Waals surface area contributed by atoms with Crippen LogP contribution in [-0.4, -0.2) is 47.0 Å². The molecule has 0 aromatic carbocycles. The first-order valence-electron chi connectivity index (χ1n) is 6.24. The highest BCUT2D eigenvalue weighted by molar-refractivity contribution is 7.90. The zero-order valence-corrected chi connectivity index (χ0v) is 11.6. The van der Waals surface area contributed by atoms with E-state index in [1.807, 2.05) is 0 Å². The number of rotatable bonds is 7. The standard InChI is InChI=1S/C11H24N2O3S/c1-10(9-16-2)17(14,15)13-7-5-11-4-3-6-12-8-11/h10-13H,3-9H2,1-2H3. The van der Waals surface area contributed by atoms with Crippen LogP contribution in [0.25, 0.3) is 0 Å². The molecule has 2 unspecified atom stereocenters. The Labute approximate surface area is 104 Å². The van der Waals surface area contributed by atoms with E-state index in [-0.39, 0.29) is 6.61 Å². The zero-order chi connectivity index (χ0) is 12.7. The van der Waals surface area contributed by atoms with Crippen LogP contribution in [-0.2, 0) is 14.8 Å². The molecule has 0 aromatic heterocycles.